The van der Waals surface area contributed by atoms with E-state index in [1.165, 1.54) is 6.92 Å². The van der Waals surface area contributed by atoms with Gasteiger partial charge in [0.1, 0.15) is 30.5 Å². The summed E-state index contributed by atoms with van der Waals surface area (Å²) in [5.41, 5.74) is -1.73. The molecular formula is C17H27N3O16P2. The predicted molar refractivity (Wildman–Crippen MR) is 119 cm³/mol. The van der Waals surface area contributed by atoms with E-state index in [0.717, 1.165) is 23.8 Å². The van der Waals surface area contributed by atoms with E-state index in [1.54, 1.807) is 0 Å². The number of aromatic amines is 1. The fraction of sp³-hybridized carbons (Fsp3) is 0.706. The minimum atomic E-state index is -5.54. The van der Waals surface area contributed by atoms with Crippen molar-refractivity contribution in [1.29, 1.82) is 0 Å². The molecule has 5 unspecified atom stereocenters. The number of hydrogen-bond acceptors (Lipinski definition) is 14. The summed E-state index contributed by atoms with van der Waals surface area (Å²) in [6.45, 7) is 1.37. The quantitative estimate of drug-likeness (QED) is 0.129. The fourth-order valence-electron chi connectivity index (χ4n) is 3.73. The zero-order chi connectivity index (χ0) is 28.6. The molecule has 8 N–H and O–H groups in total. The van der Waals surface area contributed by atoms with Crippen molar-refractivity contribution in [2.75, 3.05) is 6.61 Å². The minimum Gasteiger partial charge on any atom is -0.388 e. The van der Waals surface area contributed by atoms with E-state index in [1.807, 2.05) is 4.98 Å². The van der Waals surface area contributed by atoms with Crippen LogP contribution in [0, 0.1) is 0 Å². The molecule has 0 saturated carbocycles. The second kappa shape index (κ2) is 11.7. The molecule has 1 amide bonds. The largest absolute Gasteiger partial charge is 0.483 e. The molecule has 11 atom stereocenters. The summed E-state index contributed by atoms with van der Waals surface area (Å²) in [5, 5.41) is 42.9. The van der Waals surface area contributed by atoms with Gasteiger partial charge in [-0.2, -0.15) is 4.31 Å². The molecule has 1 aromatic rings. The molecule has 0 spiro atoms. The molecule has 0 aliphatic carbocycles. The maximum atomic E-state index is 12.3. The van der Waals surface area contributed by atoms with Gasteiger partial charge in [-0.1, -0.05) is 0 Å². The van der Waals surface area contributed by atoms with Crippen LogP contribution in [0.3, 0.4) is 0 Å². The molecule has 216 valence electrons. The van der Waals surface area contributed by atoms with E-state index in [4.69, 9.17) is 9.47 Å². The molecule has 19 nitrogen and oxygen atoms in total. The van der Waals surface area contributed by atoms with Crippen LogP contribution in [0.2, 0.25) is 0 Å². The third-order valence-corrected chi connectivity index (χ3v) is 8.12. The second-order valence-corrected chi connectivity index (χ2v) is 11.4. The molecule has 2 saturated heterocycles. The van der Waals surface area contributed by atoms with Crippen molar-refractivity contribution in [2.24, 2.45) is 0 Å². The molecule has 0 aromatic carbocycles. The van der Waals surface area contributed by atoms with E-state index < -0.39 is 94.6 Å². The normalized spacial score (nSPS) is 36.8. The molecule has 2 fully saturated rings. The third-order valence-electron chi connectivity index (χ3n) is 5.52. The van der Waals surface area contributed by atoms with E-state index in [9.17, 15) is 53.7 Å². The van der Waals surface area contributed by atoms with Crippen LogP contribution in [0.25, 0.3) is 0 Å². The summed E-state index contributed by atoms with van der Waals surface area (Å²) in [6.07, 6.45) is -12.1. The molecule has 0 radical (unpaired) electrons. The van der Waals surface area contributed by atoms with Crippen molar-refractivity contribution in [3.05, 3.63) is 33.1 Å². The van der Waals surface area contributed by atoms with Gasteiger partial charge in [-0.05, 0) is 6.92 Å². The van der Waals surface area contributed by atoms with Gasteiger partial charge in [0.2, 0.25) is 5.91 Å². The Labute approximate surface area is 212 Å². The Morgan fingerprint density at radius 3 is 2.34 bits per heavy atom. The fourth-order valence-corrected chi connectivity index (χ4v) is 5.88. The molecule has 0 bridgehead atoms. The highest BCUT2D eigenvalue weighted by Crippen LogP contribution is 2.61. The predicted octanol–water partition coefficient (Wildman–Crippen LogP) is -3.62. The lowest BCUT2D eigenvalue weighted by molar-refractivity contribution is -0.244. The number of aliphatic hydroxyl groups excluding tert-OH is 4. The van der Waals surface area contributed by atoms with Crippen molar-refractivity contribution in [1.82, 2.24) is 14.9 Å². The van der Waals surface area contributed by atoms with Crippen molar-refractivity contribution in [3.63, 3.8) is 0 Å². The van der Waals surface area contributed by atoms with Gasteiger partial charge < -0.3 is 45.0 Å². The van der Waals surface area contributed by atoms with Crippen LogP contribution in [0.15, 0.2) is 21.9 Å². The summed E-state index contributed by atoms with van der Waals surface area (Å²) in [6, 6.07) is -0.455. The van der Waals surface area contributed by atoms with Gasteiger partial charge in [0.05, 0.1) is 18.8 Å². The summed E-state index contributed by atoms with van der Waals surface area (Å²) in [7, 11) is -11.0. The first kappa shape index (κ1) is 30.7. The summed E-state index contributed by atoms with van der Waals surface area (Å²) in [5.74, 6) is -0.660. The number of H-pyrrole nitrogens is 1. The average Bonchev–Trinajstić information content (AvgIpc) is 3.06. The molecule has 2 aliphatic heterocycles. The SMILES string of the molecule is CC(=O)N[C@@H]1C(O)[C@H](OP(=O)(O)OP(=O)(O)OC[C@H]2O[C@@H](n3ccc(=O)[nH]c3=O)C(O)[C@H]2O)OC(C)[C@@H]1O. The van der Waals surface area contributed by atoms with E-state index in [0.29, 0.717) is 0 Å². The second-order valence-electron chi connectivity index (χ2n) is 8.40. The number of aromatic nitrogens is 2. The maximum absolute atomic E-state index is 12.3. The van der Waals surface area contributed by atoms with E-state index >= 15 is 0 Å². The van der Waals surface area contributed by atoms with Crippen molar-refractivity contribution in [2.45, 2.75) is 69.0 Å². The summed E-state index contributed by atoms with van der Waals surface area (Å²) in [4.78, 5) is 56.2. The Kier molecular flexibility index (Phi) is 9.48. The highest BCUT2D eigenvalue weighted by atomic mass is 31.3. The highest BCUT2D eigenvalue weighted by molar-refractivity contribution is 7.61. The number of rotatable bonds is 9. The first-order valence-electron chi connectivity index (χ1n) is 10.8. The highest BCUT2D eigenvalue weighted by Gasteiger charge is 2.49. The molecule has 3 heterocycles. The number of phosphoric acid groups is 2. The van der Waals surface area contributed by atoms with Gasteiger partial charge in [0.25, 0.3) is 5.56 Å². The van der Waals surface area contributed by atoms with E-state index in [2.05, 4.69) is 18.7 Å². The first-order chi connectivity index (χ1) is 17.5. The summed E-state index contributed by atoms with van der Waals surface area (Å²) >= 11 is 0. The van der Waals surface area contributed by atoms with Crippen molar-refractivity contribution in [3.8, 4) is 0 Å². The number of nitrogens with one attached hydrogen (secondary N) is 2. The smallest absolute Gasteiger partial charge is 0.388 e. The number of carbonyl (C=O) groups excluding carboxylic acids is 1. The number of ether oxygens (including phenoxy) is 2. The Morgan fingerprint density at radius 1 is 1.08 bits per heavy atom. The van der Waals surface area contributed by atoms with Crippen LogP contribution in [-0.2, 0) is 36.8 Å². The lowest BCUT2D eigenvalue weighted by Crippen LogP contribution is -2.63. The van der Waals surface area contributed by atoms with Crippen LogP contribution in [-0.4, -0.2) is 101 Å². The maximum Gasteiger partial charge on any atom is 0.483 e. The lowest BCUT2D eigenvalue weighted by Gasteiger charge is -2.41. The van der Waals surface area contributed by atoms with Gasteiger partial charge in [-0.15, -0.1) is 0 Å². The number of aliphatic hydroxyl groups is 4. The number of amides is 1. The van der Waals surface area contributed by atoms with Crippen LogP contribution < -0.4 is 16.6 Å². The number of hydrogen-bond donors (Lipinski definition) is 8. The third kappa shape index (κ3) is 7.22. The molecule has 2 aliphatic rings. The minimum absolute atomic E-state index is 0.660. The molecular weight excluding hydrogens is 564 g/mol. The summed E-state index contributed by atoms with van der Waals surface area (Å²) < 4.78 is 49.1. The average molecular weight is 591 g/mol. The Balaban J connectivity index is 1.62. The monoisotopic (exact) mass is 591 g/mol. The Bertz CT molecular complexity index is 1220. The van der Waals surface area contributed by atoms with Crippen molar-refractivity contribution >= 4 is 21.6 Å². The lowest BCUT2D eigenvalue weighted by atomic mass is 9.97. The standard InChI is InChI=1S/C17H27N3O16P2/c1-6-11(23)10(18-7(2)21)13(25)16(33-6)35-38(30,31)36-37(28,29)32-5-8-12(24)14(26)15(34-8)20-4-3-9(22)19-17(20)27/h3-4,6,8,10-16,23-26H,5H2,1-2H3,(H,18,21)(H,28,29)(H,30,31)(H,19,22,27)/t6?,8-,10+,11+,12+,13?,14?,15-,16+/m1/s1. The molecule has 1 aromatic heterocycles. The van der Waals surface area contributed by atoms with Crippen molar-refractivity contribution < 1.29 is 67.0 Å². The molecule has 3 rings (SSSR count). The van der Waals surface area contributed by atoms with Crippen LogP contribution >= 0.6 is 15.6 Å². The molecule has 38 heavy (non-hydrogen) atoms. The number of carbonyl (C=O) groups is 1. The van der Waals surface area contributed by atoms with Crippen LogP contribution in [0.4, 0.5) is 0 Å². The molecule has 21 heteroatoms. The van der Waals surface area contributed by atoms with Crippen LogP contribution in [0.1, 0.15) is 20.1 Å². The van der Waals surface area contributed by atoms with Crippen LogP contribution in [0.5, 0.6) is 0 Å². The topological polar surface area (TPSA) is 286 Å². The first-order valence-corrected chi connectivity index (χ1v) is 13.8. The van der Waals surface area contributed by atoms with E-state index in [-0.39, 0.29) is 0 Å². The van der Waals surface area contributed by atoms with Gasteiger partial charge in [-0.25, -0.2) is 13.9 Å². The zero-order valence-electron chi connectivity index (χ0n) is 19.7. The Hall–Kier alpha value is -1.83. The van der Waals surface area contributed by atoms with Gasteiger partial charge in [0, 0.05) is 19.2 Å². The Morgan fingerprint density at radius 2 is 1.74 bits per heavy atom. The number of phosphoric ester groups is 2. The van der Waals surface area contributed by atoms with Gasteiger partial charge >= 0.3 is 21.3 Å². The van der Waals surface area contributed by atoms with Gasteiger partial charge in [-0.3, -0.25) is 28.2 Å². The van der Waals surface area contributed by atoms with Gasteiger partial charge in [0.15, 0.2) is 12.5 Å². The number of nitrogens with zero attached hydrogens (tertiary/aromatic N) is 1. The zero-order valence-corrected chi connectivity index (χ0v) is 21.5.